The predicted molar refractivity (Wildman–Crippen MR) is 152 cm³/mol. The van der Waals surface area contributed by atoms with Crippen LogP contribution < -0.4 is 5.32 Å². The molecule has 1 N–H and O–H groups in total. The first-order valence-corrected chi connectivity index (χ1v) is 16.0. The third kappa shape index (κ3) is 5.38. The monoisotopic (exact) mass is 551 g/mol. The van der Waals surface area contributed by atoms with Crippen molar-refractivity contribution in [2.75, 3.05) is 20.1 Å². The molecule has 1 aliphatic carbocycles. The maximum absolute atomic E-state index is 14.2. The summed E-state index contributed by atoms with van der Waals surface area (Å²) in [5, 5.41) is 2.67. The summed E-state index contributed by atoms with van der Waals surface area (Å²) >= 11 is 0. The molecule has 0 bridgehead atoms. The van der Waals surface area contributed by atoms with Crippen LogP contribution in [-0.2, 0) is 38.8 Å². The molecule has 2 aromatic rings. The Morgan fingerprint density at radius 1 is 0.923 bits per heavy atom. The number of piperidine rings is 1. The smallest absolute Gasteiger partial charge is 0.246 e. The third-order valence-electron chi connectivity index (χ3n) is 9.22. The highest BCUT2D eigenvalue weighted by Crippen LogP contribution is 2.34. The summed E-state index contributed by atoms with van der Waals surface area (Å²) in [5.41, 5.74) is 3.06. The van der Waals surface area contributed by atoms with Crippen molar-refractivity contribution >= 4 is 21.7 Å². The van der Waals surface area contributed by atoms with Crippen LogP contribution in [0, 0.1) is 11.8 Å². The molecule has 8 heteroatoms. The number of carbonyl (C=O) groups excluding carboxylic acids is 2. The zero-order chi connectivity index (χ0) is 27.7. The number of amides is 2. The molecule has 2 fully saturated rings. The molecule has 0 radical (unpaired) electrons. The number of piperazine rings is 1. The predicted octanol–water partition coefficient (Wildman–Crippen LogP) is 3.60. The van der Waals surface area contributed by atoms with Gasteiger partial charge in [0.25, 0.3) is 0 Å². The SMILES string of the molecule is CCC(CC)[C@@H]1C(=O)N[C@H](C2Cc3ccccc3C2)C(=O)N1Cc1ccccc1S(=O)(=O)C1CCN(C)CC1. The van der Waals surface area contributed by atoms with E-state index in [1.165, 1.54) is 11.1 Å². The van der Waals surface area contributed by atoms with Gasteiger partial charge in [0.15, 0.2) is 9.84 Å². The number of likely N-dealkylation sites (tertiary alicyclic amines) is 1. The van der Waals surface area contributed by atoms with E-state index in [0.717, 1.165) is 38.8 Å². The second-order valence-electron chi connectivity index (χ2n) is 11.6. The van der Waals surface area contributed by atoms with E-state index in [1.54, 1.807) is 17.0 Å². The highest BCUT2D eigenvalue weighted by molar-refractivity contribution is 7.92. The van der Waals surface area contributed by atoms with Crippen LogP contribution in [0.4, 0.5) is 0 Å². The molecule has 2 amide bonds. The van der Waals surface area contributed by atoms with Gasteiger partial charge in [0.2, 0.25) is 11.8 Å². The van der Waals surface area contributed by atoms with Crippen LogP contribution in [0.2, 0.25) is 0 Å². The number of benzene rings is 2. The lowest BCUT2D eigenvalue weighted by Crippen LogP contribution is -2.66. The second kappa shape index (κ2) is 11.4. The summed E-state index contributed by atoms with van der Waals surface area (Å²) < 4.78 is 27.7. The van der Waals surface area contributed by atoms with Crippen LogP contribution in [0.25, 0.3) is 0 Å². The van der Waals surface area contributed by atoms with E-state index in [0.29, 0.717) is 23.3 Å². The van der Waals surface area contributed by atoms with Crippen molar-refractivity contribution < 1.29 is 18.0 Å². The molecule has 2 heterocycles. The van der Waals surface area contributed by atoms with Crippen molar-refractivity contribution in [3.63, 3.8) is 0 Å². The van der Waals surface area contributed by atoms with E-state index < -0.39 is 27.2 Å². The third-order valence-corrected chi connectivity index (χ3v) is 11.6. The number of nitrogens with zero attached hydrogens (tertiary/aromatic N) is 2. The maximum atomic E-state index is 14.2. The first-order valence-electron chi connectivity index (χ1n) is 14.4. The number of carbonyl (C=O) groups is 2. The van der Waals surface area contributed by atoms with E-state index in [9.17, 15) is 18.0 Å². The van der Waals surface area contributed by atoms with E-state index >= 15 is 0 Å². The number of sulfone groups is 1. The fourth-order valence-electron chi connectivity index (χ4n) is 6.86. The zero-order valence-corrected chi connectivity index (χ0v) is 24.1. The Balaban J connectivity index is 1.47. The molecule has 0 spiro atoms. The molecule has 39 heavy (non-hydrogen) atoms. The Labute approximate surface area is 232 Å². The first-order chi connectivity index (χ1) is 18.7. The summed E-state index contributed by atoms with van der Waals surface area (Å²) in [7, 11) is -1.56. The van der Waals surface area contributed by atoms with Gasteiger partial charge in [0, 0.05) is 6.54 Å². The maximum Gasteiger partial charge on any atom is 0.246 e. The van der Waals surface area contributed by atoms with Crippen molar-refractivity contribution in [1.82, 2.24) is 15.1 Å². The lowest BCUT2D eigenvalue weighted by Gasteiger charge is -2.44. The summed E-state index contributed by atoms with van der Waals surface area (Å²) in [4.78, 5) is 32.0. The van der Waals surface area contributed by atoms with Gasteiger partial charge in [-0.3, -0.25) is 9.59 Å². The minimum atomic E-state index is -3.58. The molecule has 3 aliphatic rings. The standard InChI is InChI=1S/C31H41N3O4S/c1-4-21(5-2)29-30(35)32-28(25-18-22-10-6-7-11-23(22)19-25)31(36)34(29)20-24-12-8-9-13-27(24)39(37,38)26-14-16-33(3)17-15-26/h6-13,21,25-26,28-29H,4-5,14-20H2,1-3H3,(H,32,35)/t28-,29-/m1/s1. The number of hydrogen-bond donors (Lipinski definition) is 1. The molecule has 0 saturated carbocycles. The molecule has 7 nitrogen and oxygen atoms in total. The molecule has 0 aromatic heterocycles. The lowest BCUT2D eigenvalue weighted by molar-refractivity contribution is -0.154. The largest absolute Gasteiger partial charge is 0.342 e. The Morgan fingerprint density at radius 2 is 1.51 bits per heavy atom. The summed E-state index contributed by atoms with van der Waals surface area (Å²) in [5.74, 6) is -0.244. The van der Waals surface area contributed by atoms with Gasteiger partial charge in [-0.05, 0) is 80.4 Å². The normalized spacial score (nSPS) is 23.3. The molecule has 2 atom stereocenters. The van der Waals surface area contributed by atoms with Gasteiger partial charge >= 0.3 is 0 Å². The van der Waals surface area contributed by atoms with E-state index in [-0.39, 0.29) is 30.2 Å². The molecule has 2 saturated heterocycles. The van der Waals surface area contributed by atoms with Gasteiger partial charge in [-0.1, -0.05) is 69.2 Å². The van der Waals surface area contributed by atoms with Crippen molar-refractivity contribution in [3.8, 4) is 0 Å². The molecular formula is C31H41N3O4S. The summed E-state index contributed by atoms with van der Waals surface area (Å²) in [6.07, 6.45) is 4.20. The van der Waals surface area contributed by atoms with Gasteiger partial charge in [-0.25, -0.2) is 8.42 Å². The molecule has 210 valence electrons. The topological polar surface area (TPSA) is 86.8 Å². The fourth-order valence-corrected chi connectivity index (χ4v) is 8.81. The molecule has 2 aliphatic heterocycles. The Morgan fingerprint density at radius 3 is 2.13 bits per heavy atom. The van der Waals surface area contributed by atoms with Crippen LogP contribution in [0.1, 0.15) is 56.2 Å². The summed E-state index contributed by atoms with van der Waals surface area (Å²) in [6, 6.07) is 14.1. The fraction of sp³-hybridized carbons (Fsp3) is 0.548. The summed E-state index contributed by atoms with van der Waals surface area (Å²) in [6.45, 7) is 5.70. The van der Waals surface area contributed by atoms with Gasteiger partial charge in [-0.15, -0.1) is 0 Å². The Bertz CT molecular complexity index is 1290. The highest BCUT2D eigenvalue weighted by Gasteiger charge is 2.47. The molecular weight excluding hydrogens is 510 g/mol. The van der Waals surface area contributed by atoms with Gasteiger partial charge < -0.3 is 15.1 Å². The second-order valence-corrected chi connectivity index (χ2v) is 13.8. The van der Waals surface area contributed by atoms with Crippen molar-refractivity contribution in [1.29, 1.82) is 0 Å². The molecule has 5 rings (SSSR count). The molecule has 2 aromatic carbocycles. The van der Waals surface area contributed by atoms with E-state index in [4.69, 9.17) is 0 Å². The zero-order valence-electron chi connectivity index (χ0n) is 23.3. The van der Waals surface area contributed by atoms with E-state index in [1.807, 2.05) is 45.2 Å². The minimum Gasteiger partial charge on any atom is -0.342 e. The van der Waals surface area contributed by atoms with Gasteiger partial charge in [0.1, 0.15) is 12.1 Å². The van der Waals surface area contributed by atoms with Crippen molar-refractivity contribution in [2.24, 2.45) is 11.8 Å². The van der Waals surface area contributed by atoms with Gasteiger partial charge in [-0.2, -0.15) is 0 Å². The number of rotatable bonds is 8. The average molecular weight is 552 g/mol. The van der Waals surface area contributed by atoms with Crippen LogP contribution in [0.5, 0.6) is 0 Å². The minimum absolute atomic E-state index is 0.00618. The van der Waals surface area contributed by atoms with Crippen LogP contribution >= 0.6 is 0 Å². The van der Waals surface area contributed by atoms with Crippen molar-refractivity contribution in [3.05, 3.63) is 65.2 Å². The van der Waals surface area contributed by atoms with Gasteiger partial charge in [0.05, 0.1) is 10.1 Å². The Kier molecular flexibility index (Phi) is 8.15. The van der Waals surface area contributed by atoms with Crippen LogP contribution in [0.3, 0.4) is 0 Å². The number of nitrogens with one attached hydrogen (secondary N) is 1. The first kappa shape index (κ1) is 27.8. The van der Waals surface area contributed by atoms with Crippen molar-refractivity contribution in [2.45, 2.75) is 81.1 Å². The van der Waals surface area contributed by atoms with Crippen LogP contribution in [-0.4, -0.2) is 67.5 Å². The molecule has 0 unspecified atom stereocenters. The van der Waals surface area contributed by atoms with E-state index in [2.05, 4.69) is 22.3 Å². The number of fused-ring (bicyclic) bond motifs is 1. The lowest BCUT2D eigenvalue weighted by atomic mass is 9.86. The average Bonchev–Trinajstić information content (AvgIpc) is 3.37. The number of hydrogen-bond acceptors (Lipinski definition) is 5. The van der Waals surface area contributed by atoms with Crippen LogP contribution in [0.15, 0.2) is 53.4 Å². The quantitative estimate of drug-likeness (QED) is 0.542. The highest BCUT2D eigenvalue weighted by atomic mass is 32.2. The Hall–Kier alpha value is -2.71.